The highest BCUT2D eigenvalue weighted by Gasteiger charge is 2.08. The SMILES string of the molecule is N#CC(Cc1ccccc1)NC(N)=O. The maximum atomic E-state index is 10.5. The highest BCUT2D eigenvalue weighted by atomic mass is 16.2. The first-order valence-corrected chi connectivity index (χ1v) is 4.22. The van der Waals surface area contributed by atoms with Crippen LogP contribution < -0.4 is 11.1 Å². The zero-order chi connectivity index (χ0) is 10.4. The van der Waals surface area contributed by atoms with Gasteiger partial charge in [-0.3, -0.25) is 0 Å². The number of hydrogen-bond donors (Lipinski definition) is 2. The Morgan fingerprint density at radius 1 is 1.50 bits per heavy atom. The summed E-state index contributed by atoms with van der Waals surface area (Å²) in [5, 5.41) is 11.1. The number of carbonyl (C=O) groups is 1. The molecule has 0 aliphatic heterocycles. The fourth-order valence-electron chi connectivity index (χ4n) is 1.15. The van der Waals surface area contributed by atoms with Crippen molar-refractivity contribution in [1.29, 1.82) is 5.26 Å². The number of primary amides is 1. The summed E-state index contributed by atoms with van der Waals surface area (Å²) in [7, 11) is 0. The molecule has 3 N–H and O–H groups in total. The van der Waals surface area contributed by atoms with Gasteiger partial charge < -0.3 is 11.1 Å². The molecule has 0 aliphatic rings. The van der Waals surface area contributed by atoms with Crippen molar-refractivity contribution in [2.75, 3.05) is 0 Å². The van der Waals surface area contributed by atoms with Gasteiger partial charge in [0.1, 0.15) is 6.04 Å². The van der Waals surface area contributed by atoms with Crippen molar-refractivity contribution in [3.05, 3.63) is 35.9 Å². The van der Waals surface area contributed by atoms with E-state index in [2.05, 4.69) is 5.32 Å². The second-order valence-electron chi connectivity index (χ2n) is 2.88. The number of nitrogens with two attached hydrogens (primary N) is 1. The van der Waals surface area contributed by atoms with Gasteiger partial charge in [0.15, 0.2) is 0 Å². The third-order valence-corrected chi connectivity index (χ3v) is 1.75. The van der Waals surface area contributed by atoms with Gasteiger partial charge in [-0.05, 0) is 5.56 Å². The first kappa shape index (κ1) is 10.1. The highest BCUT2D eigenvalue weighted by molar-refractivity contribution is 5.72. The van der Waals surface area contributed by atoms with Crippen LogP contribution in [0.1, 0.15) is 5.56 Å². The molecule has 0 bridgehead atoms. The lowest BCUT2D eigenvalue weighted by atomic mass is 10.1. The van der Waals surface area contributed by atoms with E-state index in [-0.39, 0.29) is 0 Å². The third kappa shape index (κ3) is 3.15. The Kier molecular flexibility index (Phi) is 3.50. The van der Waals surface area contributed by atoms with Crippen LogP contribution in [0.5, 0.6) is 0 Å². The van der Waals surface area contributed by atoms with Crippen LogP contribution in [-0.4, -0.2) is 12.1 Å². The average Bonchev–Trinajstić information content (AvgIpc) is 2.17. The van der Waals surface area contributed by atoms with Gasteiger partial charge in [-0.1, -0.05) is 30.3 Å². The van der Waals surface area contributed by atoms with Crippen molar-refractivity contribution in [3.8, 4) is 6.07 Å². The Balaban J connectivity index is 2.58. The summed E-state index contributed by atoms with van der Waals surface area (Å²) in [5.41, 5.74) is 5.91. The minimum Gasteiger partial charge on any atom is -0.352 e. The minimum absolute atomic E-state index is 0.473. The van der Waals surface area contributed by atoms with Crippen molar-refractivity contribution in [2.24, 2.45) is 5.73 Å². The third-order valence-electron chi connectivity index (χ3n) is 1.75. The van der Waals surface area contributed by atoms with E-state index < -0.39 is 12.1 Å². The quantitative estimate of drug-likeness (QED) is 0.737. The lowest BCUT2D eigenvalue weighted by molar-refractivity contribution is 0.247. The normalized spacial score (nSPS) is 11.4. The van der Waals surface area contributed by atoms with Crippen LogP contribution in [-0.2, 0) is 6.42 Å². The molecular weight excluding hydrogens is 178 g/mol. The maximum absolute atomic E-state index is 10.5. The van der Waals surface area contributed by atoms with Crippen molar-refractivity contribution in [3.63, 3.8) is 0 Å². The van der Waals surface area contributed by atoms with Crippen molar-refractivity contribution < 1.29 is 4.79 Å². The molecule has 0 saturated carbocycles. The highest BCUT2D eigenvalue weighted by Crippen LogP contribution is 2.02. The number of benzene rings is 1. The van der Waals surface area contributed by atoms with Gasteiger partial charge >= 0.3 is 6.03 Å². The van der Waals surface area contributed by atoms with Crippen LogP contribution in [0.25, 0.3) is 0 Å². The molecule has 1 rings (SSSR count). The van der Waals surface area contributed by atoms with Gasteiger partial charge in [0.25, 0.3) is 0 Å². The van der Waals surface area contributed by atoms with Crippen molar-refractivity contribution in [1.82, 2.24) is 5.32 Å². The molecular formula is C10H11N3O. The Morgan fingerprint density at radius 2 is 2.14 bits per heavy atom. The van der Waals surface area contributed by atoms with Crippen LogP contribution in [0, 0.1) is 11.3 Å². The van der Waals surface area contributed by atoms with Crippen molar-refractivity contribution in [2.45, 2.75) is 12.5 Å². The van der Waals surface area contributed by atoms with Crippen LogP contribution in [0.3, 0.4) is 0 Å². The summed E-state index contributed by atoms with van der Waals surface area (Å²) >= 11 is 0. The summed E-state index contributed by atoms with van der Waals surface area (Å²) in [5.74, 6) is 0. The summed E-state index contributed by atoms with van der Waals surface area (Å²) < 4.78 is 0. The fraction of sp³-hybridized carbons (Fsp3) is 0.200. The zero-order valence-electron chi connectivity index (χ0n) is 7.60. The first-order chi connectivity index (χ1) is 6.72. The second kappa shape index (κ2) is 4.87. The molecule has 0 heterocycles. The summed E-state index contributed by atoms with van der Waals surface area (Å²) in [6.45, 7) is 0. The van der Waals surface area contributed by atoms with E-state index in [9.17, 15) is 4.79 Å². The number of rotatable bonds is 3. The molecule has 1 aromatic carbocycles. The van der Waals surface area contributed by atoms with Gasteiger partial charge in [0.05, 0.1) is 6.07 Å². The van der Waals surface area contributed by atoms with E-state index in [1.54, 1.807) is 0 Å². The van der Waals surface area contributed by atoms with Crippen LogP contribution in [0.4, 0.5) is 4.79 Å². The molecule has 4 heteroatoms. The van der Waals surface area contributed by atoms with Gasteiger partial charge in [-0.25, -0.2) is 4.79 Å². The van der Waals surface area contributed by atoms with Crippen molar-refractivity contribution >= 4 is 6.03 Å². The molecule has 0 radical (unpaired) electrons. The smallest absolute Gasteiger partial charge is 0.313 e. The maximum Gasteiger partial charge on any atom is 0.313 e. The molecule has 2 amide bonds. The number of nitriles is 1. The molecule has 0 spiro atoms. The predicted molar refractivity (Wildman–Crippen MR) is 52.3 cm³/mol. The number of carbonyl (C=O) groups excluding carboxylic acids is 1. The monoisotopic (exact) mass is 189 g/mol. The van der Waals surface area contributed by atoms with E-state index in [0.717, 1.165) is 5.56 Å². The van der Waals surface area contributed by atoms with Gasteiger partial charge in [0.2, 0.25) is 0 Å². The summed E-state index contributed by atoms with van der Waals surface area (Å²) in [6.07, 6.45) is 0.473. The molecule has 0 saturated heterocycles. The molecule has 1 atom stereocenters. The van der Waals surface area contributed by atoms with E-state index >= 15 is 0 Å². The Morgan fingerprint density at radius 3 is 2.64 bits per heavy atom. The standard InChI is InChI=1S/C10H11N3O/c11-7-9(13-10(12)14)6-8-4-2-1-3-5-8/h1-5,9H,6H2,(H3,12,13,14). The topological polar surface area (TPSA) is 78.9 Å². The van der Waals surface area contributed by atoms with Crippen LogP contribution >= 0.6 is 0 Å². The molecule has 4 nitrogen and oxygen atoms in total. The predicted octanol–water partition coefficient (Wildman–Crippen LogP) is 0.790. The largest absolute Gasteiger partial charge is 0.352 e. The number of nitrogens with one attached hydrogen (secondary N) is 1. The molecule has 1 aromatic rings. The summed E-state index contributed by atoms with van der Waals surface area (Å²) in [4.78, 5) is 10.5. The second-order valence-corrected chi connectivity index (χ2v) is 2.88. The Hall–Kier alpha value is -2.02. The number of hydrogen-bond acceptors (Lipinski definition) is 2. The Bertz CT molecular complexity index is 342. The molecule has 1 unspecified atom stereocenters. The molecule has 0 aromatic heterocycles. The molecule has 0 fully saturated rings. The van der Waals surface area contributed by atoms with E-state index in [1.165, 1.54) is 0 Å². The van der Waals surface area contributed by atoms with Crippen LogP contribution in [0.15, 0.2) is 30.3 Å². The molecule has 0 aliphatic carbocycles. The van der Waals surface area contributed by atoms with E-state index in [4.69, 9.17) is 11.0 Å². The van der Waals surface area contributed by atoms with E-state index in [0.29, 0.717) is 6.42 Å². The number of amides is 2. The fourth-order valence-corrected chi connectivity index (χ4v) is 1.15. The zero-order valence-corrected chi connectivity index (χ0v) is 7.60. The minimum atomic E-state index is -0.674. The lowest BCUT2D eigenvalue weighted by Gasteiger charge is -2.08. The van der Waals surface area contributed by atoms with Gasteiger partial charge in [-0.2, -0.15) is 5.26 Å². The molecule has 14 heavy (non-hydrogen) atoms. The average molecular weight is 189 g/mol. The van der Waals surface area contributed by atoms with Gasteiger partial charge in [-0.15, -0.1) is 0 Å². The van der Waals surface area contributed by atoms with Gasteiger partial charge in [0, 0.05) is 6.42 Å². The van der Waals surface area contributed by atoms with E-state index in [1.807, 2.05) is 36.4 Å². The number of urea groups is 1. The first-order valence-electron chi connectivity index (χ1n) is 4.22. The molecule has 72 valence electrons. The lowest BCUT2D eigenvalue weighted by Crippen LogP contribution is -2.38. The van der Waals surface area contributed by atoms with Crippen LogP contribution in [0.2, 0.25) is 0 Å². The Labute approximate surface area is 82.3 Å². The summed E-state index contributed by atoms with van der Waals surface area (Å²) in [6, 6.07) is 10.2. The number of nitrogens with zero attached hydrogens (tertiary/aromatic N) is 1.